The van der Waals surface area contributed by atoms with Crippen molar-refractivity contribution in [2.75, 3.05) is 0 Å². The third kappa shape index (κ3) is 1.41. The Hall–Kier alpha value is -2.22. The highest BCUT2D eigenvalue weighted by Crippen LogP contribution is 2.32. The zero-order chi connectivity index (χ0) is 11.8. The zero-order valence-electron chi connectivity index (χ0n) is 9.57. The van der Waals surface area contributed by atoms with Crippen LogP contribution in [0.1, 0.15) is 12.5 Å². The van der Waals surface area contributed by atoms with Crippen molar-refractivity contribution in [1.82, 2.24) is 4.98 Å². The van der Waals surface area contributed by atoms with E-state index in [1.165, 1.54) is 5.39 Å². The van der Waals surface area contributed by atoms with Gasteiger partial charge in [0.15, 0.2) is 0 Å². The highest BCUT2D eigenvalue weighted by molar-refractivity contribution is 6.10. The number of para-hydroxylation sites is 1. The largest absolute Gasteiger partial charge is 0.507 e. The molecular weight excluding hydrogens is 210 g/mol. The summed E-state index contributed by atoms with van der Waals surface area (Å²) in [5, 5.41) is 12.2. The number of hydrogen-bond donors (Lipinski definition) is 2. The maximum absolute atomic E-state index is 9.89. The number of phenolic OH excluding ortho intramolecular Hbond substituents is 1. The first-order valence-corrected chi connectivity index (χ1v) is 5.66. The van der Waals surface area contributed by atoms with Crippen molar-refractivity contribution < 1.29 is 5.11 Å². The van der Waals surface area contributed by atoms with Crippen LogP contribution >= 0.6 is 0 Å². The van der Waals surface area contributed by atoms with E-state index >= 15 is 0 Å². The Morgan fingerprint density at radius 2 is 1.88 bits per heavy atom. The number of fused-ring (bicyclic) bond motifs is 3. The molecule has 0 saturated heterocycles. The van der Waals surface area contributed by atoms with Gasteiger partial charge in [0.05, 0.1) is 5.52 Å². The first-order valence-electron chi connectivity index (χ1n) is 5.66. The van der Waals surface area contributed by atoms with Gasteiger partial charge in [-0.1, -0.05) is 30.4 Å². The van der Waals surface area contributed by atoms with Crippen LogP contribution in [0.25, 0.3) is 27.9 Å². The normalized spacial score (nSPS) is 11.8. The van der Waals surface area contributed by atoms with Crippen LogP contribution in [0.4, 0.5) is 0 Å². The molecule has 0 atom stereocenters. The number of nitrogens with one attached hydrogen (secondary N) is 1. The number of H-pyrrole nitrogens is 1. The predicted molar refractivity (Wildman–Crippen MR) is 72.2 cm³/mol. The van der Waals surface area contributed by atoms with Crippen LogP contribution < -0.4 is 0 Å². The van der Waals surface area contributed by atoms with Gasteiger partial charge in [-0.3, -0.25) is 0 Å². The van der Waals surface area contributed by atoms with Crippen molar-refractivity contribution in [3.63, 3.8) is 0 Å². The van der Waals surface area contributed by atoms with Gasteiger partial charge in [0.2, 0.25) is 0 Å². The van der Waals surface area contributed by atoms with E-state index in [9.17, 15) is 5.11 Å². The summed E-state index contributed by atoms with van der Waals surface area (Å²) >= 11 is 0. The highest BCUT2D eigenvalue weighted by Gasteiger charge is 2.09. The fraction of sp³-hybridized carbons (Fsp3) is 0.0667. The second-order valence-electron chi connectivity index (χ2n) is 4.09. The second kappa shape index (κ2) is 3.67. The molecule has 3 aromatic rings. The lowest BCUT2D eigenvalue weighted by atomic mass is 10.1. The van der Waals surface area contributed by atoms with Crippen LogP contribution in [-0.2, 0) is 0 Å². The van der Waals surface area contributed by atoms with Gasteiger partial charge in [0, 0.05) is 21.9 Å². The molecule has 0 amide bonds. The molecule has 1 aromatic heterocycles. The monoisotopic (exact) mass is 223 g/mol. The van der Waals surface area contributed by atoms with E-state index in [4.69, 9.17) is 0 Å². The van der Waals surface area contributed by atoms with Gasteiger partial charge in [0.1, 0.15) is 5.75 Å². The van der Waals surface area contributed by atoms with Gasteiger partial charge < -0.3 is 10.1 Å². The maximum atomic E-state index is 9.89. The van der Waals surface area contributed by atoms with Crippen LogP contribution in [0, 0.1) is 0 Å². The van der Waals surface area contributed by atoms with Gasteiger partial charge >= 0.3 is 0 Å². The van der Waals surface area contributed by atoms with Crippen molar-refractivity contribution in [3.05, 3.63) is 48.0 Å². The summed E-state index contributed by atoms with van der Waals surface area (Å²) in [4.78, 5) is 3.36. The smallest absolute Gasteiger partial charge is 0.124 e. The molecule has 2 heteroatoms. The van der Waals surface area contributed by atoms with E-state index in [-0.39, 0.29) is 0 Å². The van der Waals surface area contributed by atoms with E-state index in [0.29, 0.717) is 5.75 Å². The Bertz CT molecular complexity index is 722. The number of aromatic amines is 1. The molecule has 17 heavy (non-hydrogen) atoms. The average Bonchev–Trinajstić information content (AvgIpc) is 2.72. The first-order chi connectivity index (χ1) is 8.31. The van der Waals surface area contributed by atoms with Gasteiger partial charge in [-0.15, -0.1) is 0 Å². The molecule has 0 aliphatic rings. The van der Waals surface area contributed by atoms with Crippen molar-refractivity contribution in [1.29, 1.82) is 0 Å². The molecule has 2 nitrogen and oxygen atoms in total. The third-order valence-corrected chi connectivity index (χ3v) is 3.03. The van der Waals surface area contributed by atoms with Gasteiger partial charge in [-0.05, 0) is 25.1 Å². The Morgan fingerprint density at radius 1 is 1.06 bits per heavy atom. The fourth-order valence-electron chi connectivity index (χ4n) is 2.26. The summed E-state index contributed by atoms with van der Waals surface area (Å²) in [6.45, 7) is 1.95. The summed E-state index contributed by atoms with van der Waals surface area (Å²) in [6.07, 6.45) is 3.85. The number of rotatable bonds is 1. The standard InChI is InChI=1S/C15H13NO/c1-2-5-12-14(17)9-8-11-10-6-3-4-7-13(10)16-15(11)12/h2-9,16-17H,1H3. The van der Waals surface area contributed by atoms with Crippen LogP contribution in [0.15, 0.2) is 42.5 Å². The first kappa shape index (κ1) is 9.97. The highest BCUT2D eigenvalue weighted by atomic mass is 16.3. The summed E-state index contributed by atoms with van der Waals surface area (Å²) < 4.78 is 0. The number of hydrogen-bond acceptors (Lipinski definition) is 1. The van der Waals surface area contributed by atoms with E-state index in [2.05, 4.69) is 11.1 Å². The maximum Gasteiger partial charge on any atom is 0.124 e. The van der Waals surface area contributed by atoms with E-state index in [1.807, 2.05) is 43.3 Å². The number of allylic oxidation sites excluding steroid dienone is 1. The zero-order valence-corrected chi connectivity index (χ0v) is 9.57. The minimum absolute atomic E-state index is 0.308. The molecule has 0 fully saturated rings. The van der Waals surface area contributed by atoms with Crippen LogP contribution in [0.3, 0.4) is 0 Å². The molecule has 3 rings (SSSR count). The third-order valence-electron chi connectivity index (χ3n) is 3.03. The van der Waals surface area contributed by atoms with Crippen molar-refractivity contribution >= 4 is 27.9 Å². The van der Waals surface area contributed by atoms with Crippen LogP contribution in [-0.4, -0.2) is 10.1 Å². The van der Waals surface area contributed by atoms with Crippen molar-refractivity contribution in [2.45, 2.75) is 6.92 Å². The lowest BCUT2D eigenvalue weighted by molar-refractivity contribution is 0.475. The molecule has 0 unspecified atom stereocenters. The second-order valence-corrected chi connectivity index (χ2v) is 4.09. The number of benzene rings is 2. The SMILES string of the molecule is CC=Cc1c(O)ccc2c1[nH]c1ccccc12. The van der Waals surface area contributed by atoms with E-state index in [1.54, 1.807) is 6.07 Å². The summed E-state index contributed by atoms with van der Waals surface area (Å²) in [5.74, 6) is 0.308. The molecule has 1 heterocycles. The minimum atomic E-state index is 0.308. The molecule has 0 aliphatic heterocycles. The predicted octanol–water partition coefficient (Wildman–Crippen LogP) is 4.06. The van der Waals surface area contributed by atoms with Crippen LogP contribution in [0.2, 0.25) is 0 Å². The van der Waals surface area contributed by atoms with Gasteiger partial charge in [0.25, 0.3) is 0 Å². The average molecular weight is 223 g/mol. The summed E-state index contributed by atoms with van der Waals surface area (Å²) in [7, 11) is 0. The van der Waals surface area contributed by atoms with E-state index in [0.717, 1.165) is 22.0 Å². The molecular formula is C15H13NO. The minimum Gasteiger partial charge on any atom is -0.507 e. The Morgan fingerprint density at radius 3 is 2.71 bits per heavy atom. The topological polar surface area (TPSA) is 36.0 Å². The van der Waals surface area contributed by atoms with Gasteiger partial charge in [-0.2, -0.15) is 0 Å². The van der Waals surface area contributed by atoms with Crippen molar-refractivity contribution in [2.24, 2.45) is 0 Å². The van der Waals surface area contributed by atoms with Crippen LogP contribution in [0.5, 0.6) is 5.75 Å². The molecule has 84 valence electrons. The van der Waals surface area contributed by atoms with E-state index < -0.39 is 0 Å². The molecule has 2 aromatic carbocycles. The molecule has 0 radical (unpaired) electrons. The Balaban J connectivity index is 2.51. The molecule has 0 bridgehead atoms. The quantitative estimate of drug-likeness (QED) is 0.641. The lowest BCUT2D eigenvalue weighted by Gasteiger charge is -2.00. The molecule has 2 N–H and O–H groups in total. The fourth-order valence-corrected chi connectivity index (χ4v) is 2.26. The number of aromatic hydroxyl groups is 1. The summed E-state index contributed by atoms with van der Waals surface area (Å²) in [6, 6.07) is 11.9. The van der Waals surface area contributed by atoms with Crippen molar-refractivity contribution in [3.8, 4) is 5.75 Å². The molecule has 0 aliphatic carbocycles. The lowest BCUT2D eigenvalue weighted by Crippen LogP contribution is -1.78. The molecule has 0 spiro atoms. The Kier molecular flexibility index (Phi) is 2.15. The van der Waals surface area contributed by atoms with Gasteiger partial charge in [-0.25, -0.2) is 0 Å². The Labute approximate surface area is 99.2 Å². The molecule has 0 saturated carbocycles. The number of phenols is 1. The number of aromatic nitrogens is 1. The summed E-state index contributed by atoms with van der Waals surface area (Å²) in [5.41, 5.74) is 2.93.